The average Bonchev–Trinajstić information content (AvgIpc) is 2.77. The predicted molar refractivity (Wildman–Crippen MR) is 73.0 cm³/mol. The Morgan fingerprint density at radius 3 is 2.74 bits per heavy atom. The molecule has 2 aromatic rings. The molecule has 102 valence electrons. The van der Waals surface area contributed by atoms with Crippen LogP contribution in [0.15, 0.2) is 24.7 Å². The van der Waals surface area contributed by atoms with E-state index in [1.54, 1.807) is 12.5 Å². The van der Waals surface area contributed by atoms with Gasteiger partial charge in [-0.3, -0.25) is 0 Å². The molecule has 0 aliphatic heterocycles. The van der Waals surface area contributed by atoms with Crippen molar-refractivity contribution in [2.45, 2.75) is 32.9 Å². The third kappa shape index (κ3) is 3.21. The fourth-order valence-corrected chi connectivity index (χ4v) is 1.80. The first-order chi connectivity index (χ1) is 9.08. The number of nitrogens with one attached hydrogen (secondary N) is 1. The smallest absolute Gasteiger partial charge is 0.169 e. The molecule has 6 heteroatoms. The Morgan fingerprint density at radius 1 is 1.32 bits per heavy atom. The molecular formula is C13H19N5O. The van der Waals surface area contributed by atoms with Gasteiger partial charge in [-0.1, -0.05) is 0 Å². The first-order valence-electron chi connectivity index (χ1n) is 6.30. The molecule has 2 rings (SSSR count). The summed E-state index contributed by atoms with van der Waals surface area (Å²) in [5, 5.41) is 11.3. The zero-order valence-electron chi connectivity index (χ0n) is 11.7. The van der Waals surface area contributed by atoms with Crippen LogP contribution in [0.1, 0.15) is 32.6 Å². The van der Waals surface area contributed by atoms with E-state index in [4.69, 9.17) is 4.74 Å². The van der Waals surface area contributed by atoms with E-state index in [2.05, 4.69) is 20.5 Å². The number of nitrogens with zero attached hydrogens (tertiary/aromatic N) is 4. The summed E-state index contributed by atoms with van der Waals surface area (Å²) in [4.78, 5) is 4.32. The molecule has 0 spiro atoms. The molecule has 0 aromatic carbocycles. The predicted octanol–water partition coefficient (Wildman–Crippen LogP) is 2.17. The molecular weight excluding hydrogens is 242 g/mol. The fraction of sp³-hybridized carbons (Fsp3) is 0.462. The molecule has 0 saturated heterocycles. The van der Waals surface area contributed by atoms with Crippen molar-refractivity contribution >= 4 is 5.82 Å². The van der Waals surface area contributed by atoms with Gasteiger partial charge in [0.1, 0.15) is 6.33 Å². The molecule has 0 aliphatic carbocycles. The second kappa shape index (κ2) is 5.69. The van der Waals surface area contributed by atoms with Crippen molar-refractivity contribution in [1.82, 2.24) is 19.7 Å². The Kier molecular flexibility index (Phi) is 3.99. The number of aryl methyl sites for hydroxylation is 1. The average molecular weight is 261 g/mol. The molecule has 0 amide bonds. The highest BCUT2D eigenvalue weighted by molar-refractivity contribution is 5.50. The molecule has 0 bridgehead atoms. The standard InChI is InChI=1S/C13H19N5O/c1-9(2)19-11-6-5-7-14-12(11)16-10(3)13-17-15-8-18(13)4/h5-10H,1-4H3,(H,14,16). The van der Waals surface area contributed by atoms with Gasteiger partial charge in [0, 0.05) is 13.2 Å². The Morgan fingerprint density at radius 2 is 2.11 bits per heavy atom. The van der Waals surface area contributed by atoms with Crippen LogP contribution in [-0.4, -0.2) is 25.9 Å². The highest BCUT2D eigenvalue weighted by atomic mass is 16.5. The Bertz CT molecular complexity index is 537. The minimum Gasteiger partial charge on any atom is -0.487 e. The molecule has 0 saturated carbocycles. The fourth-order valence-electron chi connectivity index (χ4n) is 1.80. The van der Waals surface area contributed by atoms with Crippen LogP contribution in [0.25, 0.3) is 0 Å². The molecule has 0 fully saturated rings. The van der Waals surface area contributed by atoms with Crippen molar-refractivity contribution in [2.24, 2.45) is 7.05 Å². The summed E-state index contributed by atoms with van der Waals surface area (Å²) in [5.74, 6) is 2.30. The maximum absolute atomic E-state index is 5.73. The van der Waals surface area contributed by atoms with Crippen LogP contribution in [-0.2, 0) is 7.05 Å². The number of rotatable bonds is 5. The third-order valence-corrected chi connectivity index (χ3v) is 2.62. The van der Waals surface area contributed by atoms with E-state index in [9.17, 15) is 0 Å². The van der Waals surface area contributed by atoms with Crippen molar-refractivity contribution in [1.29, 1.82) is 0 Å². The van der Waals surface area contributed by atoms with Crippen LogP contribution in [0.5, 0.6) is 5.75 Å². The zero-order chi connectivity index (χ0) is 13.8. The lowest BCUT2D eigenvalue weighted by molar-refractivity contribution is 0.242. The lowest BCUT2D eigenvalue weighted by Gasteiger charge is -2.17. The van der Waals surface area contributed by atoms with Crippen molar-refractivity contribution in [3.63, 3.8) is 0 Å². The number of anilines is 1. The first-order valence-corrected chi connectivity index (χ1v) is 6.30. The molecule has 6 nitrogen and oxygen atoms in total. The quantitative estimate of drug-likeness (QED) is 0.893. The number of pyridine rings is 1. The van der Waals surface area contributed by atoms with Gasteiger partial charge in [-0.05, 0) is 32.9 Å². The van der Waals surface area contributed by atoms with Crippen LogP contribution >= 0.6 is 0 Å². The van der Waals surface area contributed by atoms with Crippen LogP contribution in [0.4, 0.5) is 5.82 Å². The van der Waals surface area contributed by atoms with Gasteiger partial charge in [-0.2, -0.15) is 0 Å². The lowest BCUT2D eigenvalue weighted by atomic mass is 10.3. The number of hydrogen-bond acceptors (Lipinski definition) is 5. The van der Waals surface area contributed by atoms with Gasteiger partial charge < -0.3 is 14.6 Å². The summed E-state index contributed by atoms with van der Waals surface area (Å²) < 4.78 is 7.60. The number of aromatic nitrogens is 4. The Hall–Kier alpha value is -2.11. The van der Waals surface area contributed by atoms with Crippen molar-refractivity contribution < 1.29 is 4.74 Å². The molecule has 2 aromatic heterocycles. The van der Waals surface area contributed by atoms with E-state index in [-0.39, 0.29) is 12.1 Å². The van der Waals surface area contributed by atoms with Crippen LogP contribution < -0.4 is 10.1 Å². The summed E-state index contributed by atoms with van der Waals surface area (Å²) >= 11 is 0. The summed E-state index contributed by atoms with van der Waals surface area (Å²) in [6.45, 7) is 5.99. The van der Waals surface area contributed by atoms with Gasteiger partial charge >= 0.3 is 0 Å². The molecule has 1 unspecified atom stereocenters. The SMILES string of the molecule is CC(C)Oc1cccnc1NC(C)c1nncn1C. The minimum atomic E-state index is -0.00286. The lowest BCUT2D eigenvalue weighted by Crippen LogP contribution is -2.15. The van der Waals surface area contributed by atoms with Crippen LogP contribution in [0, 0.1) is 0 Å². The minimum absolute atomic E-state index is 0.00286. The summed E-state index contributed by atoms with van der Waals surface area (Å²) in [5.41, 5.74) is 0. The molecule has 2 heterocycles. The topological polar surface area (TPSA) is 64.9 Å². The van der Waals surface area contributed by atoms with Gasteiger partial charge in [0.05, 0.1) is 12.1 Å². The number of hydrogen-bond donors (Lipinski definition) is 1. The van der Waals surface area contributed by atoms with E-state index >= 15 is 0 Å². The molecule has 1 atom stereocenters. The molecule has 0 radical (unpaired) electrons. The van der Waals surface area contributed by atoms with E-state index < -0.39 is 0 Å². The second-order valence-corrected chi connectivity index (χ2v) is 4.68. The van der Waals surface area contributed by atoms with Gasteiger partial charge in [0.2, 0.25) is 0 Å². The van der Waals surface area contributed by atoms with E-state index in [0.29, 0.717) is 5.82 Å². The van der Waals surface area contributed by atoms with Crippen molar-refractivity contribution in [3.8, 4) is 5.75 Å². The van der Waals surface area contributed by atoms with Gasteiger partial charge in [-0.25, -0.2) is 4.98 Å². The normalized spacial score (nSPS) is 12.5. The van der Waals surface area contributed by atoms with Crippen LogP contribution in [0.2, 0.25) is 0 Å². The molecule has 1 N–H and O–H groups in total. The monoisotopic (exact) mass is 261 g/mol. The number of ether oxygens (including phenoxy) is 1. The summed E-state index contributed by atoms with van der Waals surface area (Å²) in [6, 6.07) is 3.76. The maximum atomic E-state index is 5.73. The summed E-state index contributed by atoms with van der Waals surface area (Å²) in [6.07, 6.45) is 3.52. The Balaban J connectivity index is 2.17. The van der Waals surface area contributed by atoms with Gasteiger partial charge in [0.25, 0.3) is 0 Å². The van der Waals surface area contributed by atoms with E-state index in [0.717, 1.165) is 11.6 Å². The summed E-state index contributed by atoms with van der Waals surface area (Å²) in [7, 11) is 1.91. The van der Waals surface area contributed by atoms with Gasteiger partial charge in [0.15, 0.2) is 17.4 Å². The highest BCUT2D eigenvalue weighted by Gasteiger charge is 2.14. The largest absolute Gasteiger partial charge is 0.487 e. The van der Waals surface area contributed by atoms with E-state index in [1.165, 1.54) is 0 Å². The third-order valence-electron chi connectivity index (χ3n) is 2.62. The van der Waals surface area contributed by atoms with Crippen molar-refractivity contribution in [2.75, 3.05) is 5.32 Å². The zero-order valence-corrected chi connectivity index (χ0v) is 11.7. The molecule has 0 aliphatic rings. The van der Waals surface area contributed by atoms with Crippen LogP contribution in [0.3, 0.4) is 0 Å². The Labute approximate surface area is 112 Å². The maximum Gasteiger partial charge on any atom is 0.169 e. The van der Waals surface area contributed by atoms with E-state index in [1.807, 2.05) is 44.5 Å². The highest BCUT2D eigenvalue weighted by Crippen LogP contribution is 2.25. The molecule has 19 heavy (non-hydrogen) atoms. The van der Waals surface area contributed by atoms with Gasteiger partial charge in [-0.15, -0.1) is 10.2 Å². The van der Waals surface area contributed by atoms with Crippen molar-refractivity contribution in [3.05, 3.63) is 30.5 Å². The second-order valence-electron chi connectivity index (χ2n) is 4.68. The first kappa shape index (κ1) is 13.3.